The number of ether oxygens (including phenoxy) is 1. The van der Waals surface area contributed by atoms with Gasteiger partial charge in [-0.25, -0.2) is 4.98 Å². The maximum Gasteiger partial charge on any atom is 0.180 e. The number of aliphatic hydroxyl groups is 1. The van der Waals surface area contributed by atoms with Crippen molar-refractivity contribution in [2.24, 2.45) is 0 Å². The third-order valence-corrected chi connectivity index (χ3v) is 4.46. The first-order chi connectivity index (χ1) is 13.6. The summed E-state index contributed by atoms with van der Waals surface area (Å²) in [5.41, 5.74) is 4.95. The quantitative estimate of drug-likeness (QED) is 0.554. The van der Waals surface area contributed by atoms with Gasteiger partial charge in [-0.3, -0.25) is 0 Å². The largest absolute Gasteiger partial charge is 0.479 e. The summed E-state index contributed by atoms with van der Waals surface area (Å²) in [5.74, 6) is 0.790. The van der Waals surface area contributed by atoms with Crippen molar-refractivity contribution in [1.82, 2.24) is 9.38 Å². The van der Waals surface area contributed by atoms with Crippen LogP contribution in [0.15, 0.2) is 42.6 Å². The average Bonchev–Trinajstić information content (AvgIpc) is 3.06. The summed E-state index contributed by atoms with van der Waals surface area (Å²) in [6, 6.07) is 11.9. The highest BCUT2D eigenvalue weighted by Gasteiger charge is 2.31. The van der Waals surface area contributed by atoms with E-state index in [9.17, 15) is 5.11 Å². The van der Waals surface area contributed by atoms with Crippen molar-refractivity contribution < 1.29 is 9.84 Å². The van der Waals surface area contributed by atoms with Crippen molar-refractivity contribution in [2.45, 2.75) is 74.0 Å². The molecule has 0 fully saturated rings. The van der Waals surface area contributed by atoms with Gasteiger partial charge >= 0.3 is 0 Å². The molecule has 1 N–H and O–H groups in total. The van der Waals surface area contributed by atoms with E-state index in [1.54, 1.807) is 0 Å². The number of aliphatic hydroxyl groups excluding tert-OH is 1. The number of aromatic nitrogens is 2. The van der Waals surface area contributed by atoms with Crippen molar-refractivity contribution in [3.8, 4) is 5.75 Å². The highest BCUT2D eigenvalue weighted by atomic mass is 16.5. The Labute approximate surface area is 170 Å². The van der Waals surface area contributed by atoms with Crippen LogP contribution < -0.4 is 4.74 Å². The molecule has 0 bridgehead atoms. The third kappa shape index (κ3) is 4.74. The molecule has 4 rings (SSSR count). The van der Waals surface area contributed by atoms with Gasteiger partial charge in [0.15, 0.2) is 17.5 Å². The molecule has 2 aromatic heterocycles. The summed E-state index contributed by atoms with van der Waals surface area (Å²) in [5, 5.41) is 10.4. The van der Waals surface area contributed by atoms with Crippen LogP contribution in [0.2, 0.25) is 0 Å². The van der Waals surface area contributed by atoms with Gasteiger partial charge in [0.05, 0.1) is 11.8 Å². The van der Waals surface area contributed by atoms with E-state index in [1.807, 2.05) is 102 Å². The molecule has 0 amide bonds. The minimum Gasteiger partial charge on any atom is -0.479 e. The highest BCUT2D eigenvalue weighted by Crippen LogP contribution is 2.38. The van der Waals surface area contributed by atoms with Crippen LogP contribution in [0.5, 0.6) is 5.75 Å². The van der Waals surface area contributed by atoms with Crippen LogP contribution >= 0.6 is 0 Å². The fraction of sp³-hybridized carbons (Fsp3) is 0.458. The van der Waals surface area contributed by atoms with E-state index >= 15 is 0 Å². The fourth-order valence-corrected chi connectivity index (χ4v) is 3.11. The monoisotopic (exact) mass is 384 g/mol. The van der Waals surface area contributed by atoms with Crippen molar-refractivity contribution in [1.29, 1.82) is 0 Å². The van der Waals surface area contributed by atoms with Gasteiger partial charge in [-0.15, -0.1) is 0 Å². The van der Waals surface area contributed by atoms with Crippen LogP contribution in [0.1, 0.15) is 70.2 Å². The first-order valence-corrected chi connectivity index (χ1v) is 10.5. The fourth-order valence-electron chi connectivity index (χ4n) is 3.11. The first kappa shape index (κ1) is 23.7. The Balaban J connectivity index is 0.000000599. The molecule has 3 heterocycles. The summed E-state index contributed by atoms with van der Waals surface area (Å²) in [6.45, 7) is 16.1. The van der Waals surface area contributed by atoms with Crippen LogP contribution in [-0.4, -0.2) is 20.6 Å². The Morgan fingerprint density at radius 3 is 2.18 bits per heavy atom. The predicted molar refractivity (Wildman–Crippen MR) is 118 cm³/mol. The van der Waals surface area contributed by atoms with E-state index in [4.69, 9.17) is 4.74 Å². The summed E-state index contributed by atoms with van der Waals surface area (Å²) in [7, 11) is 0. The highest BCUT2D eigenvalue weighted by molar-refractivity contribution is 5.61. The van der Waals surface area contributed by atoms with Crippen molar-refractivity contribution in [2.75, 3.05) is 0 Å². The van der Waals surface area contributed by atoms with E-state index < -0.39 is 6.10 Å². The van der Waals surface area contributed by atoms with Crippen molar-refractivity contribution >= 4 is 5.65 Å². The molecule has 1 aromatic carbocycles. The lowest BCUT2D eigenvalue weighted by molar-refractivity contribution is 0.0215. The molecule has 1 aliphatic heterocycles. The lowest BCUT2D eigenvalue weighted by atomic mass is 9.95. The Morgan fingerprint density at radius 1 is 0.964 bits per heavy atom. The van der Waals surface area contributed by atoms with Gasteiger partial charge in [0, 0.05) is 23.9 Å². The molecule has 0 aliphatic carbocycles. The molecule has 0 radical (unpaired) electrons. The summed E-state index contributed by atoms with van der Waals surface area (Å²) >= 11 is 0. The molecule has 1 aliphatic rings. The molecule has 4 heteroatoms. The Bertz CT molecular complexity index is 841. The lowest BCUT2D eigenvalue weighted by Gasteiger charge is -2.31. The Kier molecular flexibility index (Phi) is 9.74. The van der Waals surface area contributed by atoms with Crippen LogP contribution in [0.3, 0.4) is 0 Å². The van der Waals surface area contributed by atoms with E-state index in [0.29, 0.717) is 6.42 Å². The number of pyridine rings is 1. The van der Waals surface area contributed by atoms with Gasteiger partial charge in [-0.1, -0.05) is 71.9 Å². The third-order valence-electron chi connectivity index (χ3n) is 4.46. The minimum atomic E-state index is -0.547. The minimum absolute atomic E-state index is 0.350. The molecule has 0 saturated carbocycles. The molecule has 0 saturated heterocycles. The zero-order valence-corrected chi connectivity index (χ0v) is 18.7. The average molecular weight is 385 g/mol. The number of rotatable bonds is 1. The first-order valence-electron chi connectivity index (χ1n) is 10.5. The van der Waals surface area contributed by atoms with Crippen molar-refractivity contribution in [3.63, 3.8) is 0 Å². The zero-order chi connectivity index (χ0) is 21.3. The van der Waals surface area contributed by atoms with Crippen LogP contribution in [0.4, 0.5) is 0 Å². The second kappa shape index (κ2) is 11.5. The topological polar surface area (TPSA) is 46.8 Å². The van der Waals surface area contributed by atoms with E-state index in [1.165, 1.54) is 0 Å². The van der Waals surface area contributed by atoms with Crippen LogP contribution in [-0.2, 0) is 6.42 Å². The Hall–Kier alpha value is -2.33. The van der Waals surface area contributed by atoms with Gasteiger partial charge in [0.2, 0.25) is 0 Å². The maximum atomic E-state index is 10.4. The van der Waals surface area contributed by atoms with E-state index in [0.717, 1.165) is 33.9 Å². The normalized spacial score (nSPS) is 16.9. The van der Waals surface area contributed by atoms with Gasteiger partial charge < -0.3 is 14.2 Å². The number of benzene rings is 1. The Morgan fingerprint density at radius 2 is 1.57 bits per heavy atom. The number of imidazole rings is 1. The summed E-state index contributed by atoms with van der Waals surface area (Å²) in [6.07, 6.45) is 1.69. The summed E-state index contributed by atoms with van der Waals surface area (Å²) in [4.78, 5) is 4.64. The number of hydrogen-bond donors (Lipinski definition) is 1. The second-order valence-electron chi connectivity index (χ2n) is 5.87. The number of nitrogens with zero attached hydrogens (tertiary/aromatic N) is 2. The number of fused-ring (bicyclic) bond motifs is 3. The van der Waals surface area contributed by atoms with E-state index in [2.05, 4.69) is 4.98 Å². The van der Waals surface area contributed by atoms with Gasteiger partial charge in [-0.2, -0.15) is 0 Å². The maximum absolute atomic E-state index is 10.4. The molecule has 4 nitrogen and oxygen atoms in total. The molecular weight excluding hydrogens is 348 g/mol. The lowest BCUT2D eigenvalue weighted by Crippen LogP contribution is -2.30. The number of hydrogen-bond acceptors (Lipinski definition) is 3. The molecule has 154 valence electrons. The summed E-state index contributed by atoms with van der Waals surface area (Å²) < 4.78 is 8.23. The van der Waals surface area contributed by atoms with E-state index in [-0.39, 0.29) is 6.10 Å². The SMILES string of the molecule is CC.CC.CC.Cc1nc2c3c(ccn2c1C)CC(O)C(c1ccccc1)O3. The molecule has 0 spiro atoms. The van der Waals surface area contributed by atoms with Crippen LogP contribution in [0, 0.1) is 13.8 Å². The molecule has 2 atom stereocenters. The van der Waals surface area contributed by atoms with Gasteiger partial charge in [-0.05, 0) is 25.5 Å². The van der Waals surface area contributed by atoms with Crippen LogP contribution in [0.25, 0.3) is 5.65 Å². The molecule has 3 aromatic rings. The zero-order valence-electron chi connectivity index (χ0n) is 18.7. The number of aryl methyl sites for hydroxylation is 2. The van der Waals surface area contributed by atoms with Gasteiger partial charge in [0.25, 0.3) is 0 Å². The smallest absolute Gasteiger partial charge is 0.180 e. The molecule has 2 unspecified atom stereocenters. The second-order valence-corrected chi connectivity index (χ2v) is 5.87. The van der Waals surface area contributed by atoms with Gasteiger partial charge in [0.1, 0.15) is 0 Å². The predicted octanol–water partition coefficient (Wildman–Crippen LogP) is 6.07. The standard InChI is InChI=1S/C18H18N2O2.3C2H6/c1-11-12(2)20-9-8-14-10-15(21)16(13-6-4-3-5-7-13)22-17(14)18(20)19-11;3*1-2/h3-9,15-16,21H,10H2,1-2H3;3*1-2H3. The molecule has 28 heavy (non-hydrogen) atoms. The molecular formula is C24H36N2O2. The van der Waals surface area contributed by atoms with Crippen molar-refractivity contribution in [3.05, 3.63) is 65.1 Å².